The van der Waals surface area contributed by atoms with E-state index in [1.54, 1.807) is 14.2 Å². The highest BCUT2D eigenvalue weighted by atomic mass is 16.5. The zero-order valence-corrected chi connectivity index (χ0v) is 21.9. The molecule has 0 N–H and O–H groups in total. The van der Waals surface area contributed by atoms with Crippen LogP contribution in [0.25, 0.3) is 0 Å². The van der Waals surface area contributed by atoms with E-state index in [9.17, 15) is 9.59 Å². The normalized spacial score (nSPS) is 24.2. The number of carbonyl (C=O) groups excluding carboxylic acids is 2. The SMILES string of the molecule is COc1ccc([C@@H]2CC(=O)C3=C(C2)N=C(C)C(C(=O)OC2CCCCC2)[C@@H]3c2ccc(OC)cc2)cc1. The van der Waals surface area contributed by atoms with Gasteiger partial charge in [0.15, 0.2) is 5.78 Å². The number of benzene rings is 2. The molecule has 2 aromatic rings. The Hall–Kier alpha value is -3.41. The molecule has 0 saturated heterocycles. The zero-order chi connectivity index (χ0) is 25.9. The summed E-state index contributed by atoms with van der Waals surface area (Å²) < 4.78 is 16.7. The lowest BCUT2D eigenvalue weighted by Crippen LogP contribution is -2.39. The lowest BCUT2D eigenvalue weighted by molar-refractivity contribution is -0.153. The van der Waals surface area contributed by atoms with Crippen molar-refractivity contribution in [2.75, 3.05) is 14.2 Å². The Morgan fingerprint density at radius 1 is 0.838 bits per heavy atom. The number of hydrogen-bond acceptors (Lipinski definition) is 6. The van der Waals surface area contributed by atoms with Gasteiger partial charge in [-0.1, -0.05) is 30.7 Å². The first-order valence-electron chi connectivity index (χ1n) is 13.3. The van der Waals surface area contributed by atoms with Gasteiger partial charge >= 0.3 is 5.97 Å². The zero-order valence-electron chi connectivity index (χ0n) is 21.9. The first-order valence-corrected chi connectivity index (χ1v) is 13.3. The van der Waals surface area contributed by atoms with Gasteiger partial charge < -0.3 is 14.2 Å². The van der Waals surface area contributed by atoms with Crippen molar-refractivity contribution in [1.82, 2.24) is 0 Å². The van der Waals surface area contributed by atoms with Gasteiger partial charge in [0.05, 0.1) is 14.2 Å². The van der Waals surface area contributed by atoms with Crippen molar-refractivity contribution in [3.8, 4) is 11.5 Å². The number of hydrogen-bond donors (Lipinski definition) is 0. The molecule has 6 nitrogen and oxygen atoms in total. The lowest BCUT2D eigenvalue weighted by atomic mass is 9.69. The molecule has 6 heteroatoms. The van der Waals surface area contributed by atoms with Crippen molar-refractivity contribution in [3.63, 3.8) is 0 Å². The molecular weight excluding hydrogens is 466 g/mol. The van der Waals surface area contributed by atoms with E-state index in [2.05, 4.69) is 0 Å². The highest BCUT2D eigenvalue weighted by Crippen LogP contribution is 2.47. The summed E-state index contributed by atoms with van der Waals surface area (Å²) in [4.78, 5) is 32.3. The Balaban J connectivity index is 1.50. The third-order valence-corrected chi connectivity index (χ3v) is 8.04. The van der Waals surface area contributed by atoms with Gasteiger partial charge in [-0.2, -0.15) is 0 Å². The van der Waals surface area contributed by atoms with Gasteiger partial charge in [-0.05, 0) is 80.3 Å². The van der Waals surface area contributed by atoms with Gasteiger partial charge in [0.2, 0.25) is 0 Å². The van der Waals surface area contributed by atoms with E-state index in [-0.39, 0.29) is 23.8 Å². The minimum atomic E-state index is -0.615. The van der Waals surface area contributed by atoms with Crippen LogP contribution < -0.4 is 9.47 Å². The largest absolute Gasteiger partial charge is 0.497 e. The number of esters is 1. The number of aliphatic imine (C=N–C) groups is 1. The molecule has 0 spiro atoms. The van der Waals surface area contributed by atoms with Crippen molar-refractivity contribution in [1.29, 1.82) is 0 Å². The van der Waals surface area contributed by atoms with Crippen LogP contribution in [0.3, 0.4) is 0 Å². The molecule has 2 aromatic carbocycles. The van der Waals surface area contributed by atoms with Gasteiger partial charge in [0, 0.05) is 29.3 Å². The van der Waals surface area contributed by atoms with Crippen molar-refractivity contribution < 1.29 is 23.8 Å². The second kappa shape index (κ2) is 10.9. The summed E-state index contributed by atoms with van der Waals surface area (Å²) in [6, 6.07) is 15.6. The van der Waals surface area contributed by atoms with E-state index in [1.807, 2.05) is 55.5 Å². The molecule has 0 radical (unpaired) electrons. The number of ether oxygens (including phenoxy) is 3. The number of nitrogens with zero attached hydrogens (tertiary/aromatic N) is 1. The average Bonchev–Trinajstić information content (AvgIpc) is 2.92. The Morgan fingerprint density at radius 2 is 1.43 bits per heavy atom. The van der Waals surface area contributed by atoms with E-state index in [4.69, 9.17) is 19.2 Å². The fourth-order valence-corrected chi connectivity index (χ4v) is 6.07. The highest BCUT2D eigenvalue weighted by Gasteiger charge is 2.45. The van der Waals surface area contributed by atoms with Gasteiger partial charge in [-0.15, -0.1) is 0 Å². The van der Waals surface area contributed by atoms with E-state index >= 15 is 0 Å². The number of rotatable bonds is 6. The molecule has 1 saturated carbocycles. The van der Waals surface area contributed by atoms with E-state index < -0.39 is 11.8 Å². The molecule has 1 aliphatic heterocycles. The molecule has 5 rings (SSSR count). The number of methoxy groups -OCH3 is 2. The third-order valence-electron chi connectivity index (χ3n) is 8.04. The van der Waals surface area contributed by atoms with Crippen LogP contribution >= 0.6 is 0 Å². The Bertz CT molecular complexity index is 1210. The molecule has 3 aliphatic rings. The summed E-state index contributed by atoms with van der Waals surface area (Å²) in [6.45, 7) is 1.90. The molecule has 1 heterocycles. The maximum absolute atomic E-state index is 13.8. The van der Waals surface area contributed by atoms with Crippen molar-refractivity contribution in [2.24, 2.45) is 10.9 Å². The predicted octanol–water partition coefficient (Wildman–Crippen LogP) is 6.15. The second-order valence-corrected chi connectivity index (χ2v) is 10.3. The van der Waals surface area contributed by atoms with Crippen LogP contribution in [-0.2, 0) is 14.3 Å². The Labute approximate surface area is 218 Å². The van der Waals surface area contributed by atoms with Crippen LogP contribution in [0.15, 0.2) is 64.8 Å². The molecule has 1 fully saturated rings. The molecule has 1 unspecified atom stereocenters. The topological polar surface area (TPSA) is 74.2 Å². The summed E-state index contributed by atoms with van der Waals surface area (Å²) in [5.74, 6) is 0.303. The minimum Gasteiger partial charge on any atom is -0.497 e. The molecule has 0 amide bonds. The summed E-state index contributed by atoms with van der Waals surface area (Å²) in [6.07, 6.45) is 6.14. The standard InChI is InChI=1S/C31H35NO5/c1-19-28(31(34)37-25-7-5-4-6-8-25)29(21-11-15-24(36-3)16-12-21)30-26(32-19)17-22(18-27(30)33)20-9-13-23(35-2)14-10-20/h9-16,22,25,28-29H,4-8,17-18H2,1-3H3/t22-,28?,29-/m0/s1. The van der Waals surface area contributed by atoms with Crippen LogP contribution in [0.4, 0.5) is 0 Å². The highest BCUT2D eigenvalue weighted by molar-refractivity contribution is 6.09. The molecule has 0 aromatic heterocycles. The maximum atomic E-state index is 13.8. The first kappa shape index (κ1) is 25.2. The van der Waals surface area contributed by atoms with Crippen LogP contribution in [0, 0.1) is 5.92 Å². The number of allylic oxidation sites excluding steroid dienone is 2. The maximum Gasteiger partial charge on any atom is 0.315 e. The molecular formula is C31H35NO5. The number of ketones is 1. The van der Waals surface area contributed by atoms with Gasteiger partial charge in [-0.25, -0.2) is 0 Å². The van der Waals surface area contributed by atoms with E-state index in [1.165, 1.54) is 6.42 Å². The molecule has 3 atom stereocenters. The minimum absolute atomic E-state index is 0.0379. The van der Waals surface area contributed by atoms with Gasteiger partial charge in [0.1, 0.15) is 23.5 Å². The lowest BCUT2D eigenvalue weighted by Gasteiger charge is -2.37. The second-order valence-electron chi connectivity index (χ2n) is 10.3. The smallest absolute Gasteiger partial charge is 0.315 e. The summed E-state index contributed by atoms with van der Waals surface area (Å²) in [5.41, 5.74) is 4.16. The monoisotopic (exact) mass is 501 g/mol. The predicted molar refractivity (Wildman–Crippen MR) is 142 cm³/mol. The van der Waals surface area contributed by atoms with Crippen molar-refractivity contribution >= 4 is 17.5 Å². The van der Waals surface area contributed by atoms with Crippen molar-refractivity contribution in [3.05, 3.63) is 70.9 Å². The van der Waals surface area contributed by atoms with Crippen LogP contribution in [0.2, 0.25) is 0 Å². The van der Waals surface area contributed by atoms with Crippen LogP contribution in [-0.4, -0.2) is 37.8 Å². The van der Waals surface area contributed by atoms with Gasteiger partial charge in [0.25, 0.3) is 0 Å². The molecule has 37 heavy (non-hydrogen) atoms. The van der Waals surface area contributed by atoms with Crippen LogP contribution in [0.5, 0.6) is 11.5 Å². The number of carbonyl (C=O) groups is 2. The number of Topliss-reactive ketones (excluding diaryl/α,β-unsaturated/α-hetero) is 1. The summed E-state index contributed by atoms with van der Waals surface area (Å²) in [5, 5.41) is 0. The van der Waals surface area contributed by atoms with Crippen molar-refractivity contribution in [2.45, 2.75) is 69.8 Å². The third kappa shape index (κ3) is 5.20. The Kier molecular flexibility index (Phi) is 7.45. The fourth-order valence-electron chi connectivity index (χ4n) is 6.07. The summed E-state index contributed by atoms with van der Waals surface area (Å²) in [7, 11) is 3.27. The molecule has 0 bridgehead atoms. The van der Waals surface area contributed by atoms with E-state index in [0.29, 0.717) is 24.1 Å². The molecule has 2 aliphatic carbocycles. The quantitative estimate of drug-likeness (QED) is 0.444. The average molecular weight is 502 g/mol. The first-order chi connectivity index (χ1) is 18.0. The fraction of sp³-hybridized carbons (Fsp3) is 0.452. The van der Waals surface area contributed by atoms with E-state index in [0.717, 1.165) is 54.0 Å². The summed E-state index contributed by atoms with van der Waals surface area (Å²) >= 11 is 0. The molecule has 194 valence electrons. The Morgan fingerprint density at radius 3 is 2.03 bits per heavy atom. The van der Waals surface area contributed by atoms with Gasteiger partial charge in [-0.3, -0.25) is 14.6 Å². The van der Waals surface area contributed by atoms with Crippen LogP contribution in [0.1, 0.15) is 74.8 Å².